The summed E-state index contributed by atoms with van der Waals surface area (Å²) in [5.74, 6) is 0.844. The smallest absolute Gasteiger partial charge is 0.255 e. The Morgan fingerprint density at radius 3 is 2.74 bits per heavy atom. The van der Waals surface area contributed by atoms with E-state index >= 15 is 0 Å². The van der Waals surface area contributed by atoms with E-state index in [1.807, 2.05) is 41.9 Å². The zero-order chi connectivity index (χ0) is 18.5. The Morgan fingerprint density at radius 1 is 1.00 bits per heavy atom. The molecule has 138 valence electrons. The maximum Gasteiger partial charge on any atom is 0.255 e. The van der Waals surface area contributed by atoms with Crippen molar-refractivity contribution in [2.75, 3.05) is 13.1 Å². The molecule has 5 heteroatoms. The third-order valence-electron chi connectivity index (χ3n) is 6.16. The molecule has 2 atom stereocenters. The van der Waals surface area contributed by atoms with Gasteiger partial charge in [0.15, 0.2) is 0 Å². The monoisotopic (exact) mass is 361 g/mol. The van der Waals surface area contributed by atoms with Gasteiger partial charge in [-0.2, -0.15) is 0 Å². The van der Waals surface area contributed by atoms with Gasteiger partial charge in [0.25, 0.3) is 11.1 Å². The number of benzene rings is 1. The first-order valence-corrected chi connectivity index (χ1v) is 9.60. The van der Waals surface area contributed by atoms with Crippen LogP contribution in [0.3, 0.4) is 0 Å². The van der Waals surface area contributed by atoms with Crippen LogP contribution in [0, 0.1) is 5.92 Å². The number of piperidine rings is 1. The van der Waals surface area contributed by atoms with Gasteiger partial charge in [-0.05, 0) is 35.9 Å². The fraction of sp³-hybridized carbons (Fsp3) is 0.364. The Hall–Kier alpha value is -2.66. The van der Waals surface area contributed by atoms with Gasteiger partial charge in [-0.25, -0.2) is 0 Å². The van der Waals surface area contributed by atoms with E-state index in [1.54, 1.807) is 10.6 Å². The average molecular weight is 361 g/mol. The zero-order valence-corrected chi connectivity index (χ0v) is 15.5. The fourth-order valence-electron chi connectivity index (χ4n) is 4.97. The minimum absolute atomic E-state index is 0.0843. The molecule has 27 heavy (non-hydrogen) atoms. The van der Waals surface area contributed by atoms with Crippen molar-refractivity contribution in [1.82, 2.24) is 14.0 Å². The summed E-state index contributed by atoms with van der Waals surface area (Å²) in [6.45, 7) is 3.29. The third kappa shape index (κ3) is 2.73. The molecule has 1 aromatic carbocycles. The molecule has 1 saturated heterocycles. The van der Waals surface area contributed by atoms with E-state index in [2.05, 4.69) is 17.0 Å². The van der Waals surface area contributed by atoms with Crippen LogP contribution in [0.15, 0.2) is 58.1 Å². The minimum atomic E-state index is 0.0843. The van der Waals surface area contributed by atoms with Crippen LogP contribution in [-0.4, -0.2) is 27.1 Å². The first-order valence-electron chi connectivity index (χ1n) is 9.60. The molecule has 3 aromatic rings. The number of hydrogen-bond donors (Lipinski definition) is 0. The van der Waals surface area contributed by atoms with Crippen molar-refractivity contribution in [1.29, 1.82) is 0 Å². The van der Waals surface area contributed by atoms with Gasteiger partial charge in [0.2, 0.25) is 0 Å². The summed E-state index contributed by atoms with van der Waals surface area (Å²) in [5, 5.41) is 1.10. The summed E-state index contributed by atoms with van der Waals surface area (Å²) >= 11 is 0. The van der Waals surface area contributed by atoms with E-state index in [4.69, 9.17) is 0 Å². The van der Waals surface area contributed by atoms with Gasteiger partial charge in [-0.3, -0.25) is 14.5 Å². The van der Waals surface area contributed by atoms with Crippen LogP contribution in [0.2, 0.25) is 0 Å². The molecular weight excluding hydrogens is 338 g/mol. The molecule has 2 aromatic heterocycles. The topological polar surface area (TPSA) is 47.2 Å². The largest absolute Gasteiger partial charge is 0.312 e. The van der Waals surface area contributed by atoms with Crippen LogP contribution in [-0.2, 0) is 20.1 Å². The Labute approximate surface area is 157 Å². The minimum Gasteiger partial charge on any atom is -0.312 e. The lowest BCUT2D eigenvalue weighted by Gasteiger charge is -2.42. The predicted molar refractivity (Wildman–Crippen MR) is 106 cm³/mol. The summed E-state index contributed by atoms with van der Waals surface area (Å²) in [6, 6.07) is 15.7. The SMILES string of the molecule is Cn1c(=O)c(CN2CC3CC(C2)c2cccc(=O)n2C3)cc2ccccc21. The van der Waals surface area contributed by atoms with Gasteiger partial charge in [-0.1, -0.05) is 24.3 Å². The molecule has 2 aliphatic heterocycles. The molecule has 0 N–H and O–H groups in total. The molecule has 0 saturated carbocycles. The van der Waals surface area contributed by atoms with Gasteiger partial charge in [-0.15, -0.1) is 0 Å². The number of aromatic nitrogens is 2. The third-order valence-corrected chi connectivity index (χ3v) is 6.16. The van der Waals surface area contributed by atoms with Crippen LogP contribution in [0.25, 0.3) is 10.9 Å². The number of fused-ring (bicyclic) bond motifs is 5. The van der Waals surface area contributed by atoms with Crippen molar-refractivity contribution in [3.63, 3.8) is 0 Å². The summed E-state index contributed by atoms with van der Waals surface area (Å²) in [6.07, 6.45) is 1.13. The average Bonchev–Trinajstić information content (AvgIpc) is 2.67. The van der Waals surface area contributed by atoms with Crippen LogP contribution in [0.1, 0.15) is 23.6 Å². The van der Waals surface area contributed by atoms with E-state index in [0.29, 0.717) is 18.4 Å². The number of hydrogen-bond acceptors (Lipinski definition) is 3. The van der Waals surface area contributed by atoms with Crippen LogP contribution in [0.5, 0.6) is 0 Å². The van der Waals surface area contributed by atoms with E-state index in [1.165, 1.54) is 0 Å². The number of para-hydroxylation sites is 1. The molecule has 0 radical (unpaired) electrons. The Bertz CT molecular complexity index is 1140. The summed E-state index contributed by atoms with van der Waals surface area (Å²) in [7, 11) is 1.85. The van der Waals surface area contributed by atoms with Gasteiger partial charge in [0.05, 0.1) is 5.52 Å². The maximum absolute atomic E-state index is 12.8. The normalized spacial score (nSPS) is 22.0. The van der Waals surface area contributed by atoms with Crippen molar-refractivity contribution >= 4 is 10.9 Å². The van der Waals surface area contributed by atoms with E-state index in [0.717, 1.165) is 48.2 Å². The number of nitrogens with zero attached hydrogens (tertiary/aromatic N) is 3. The second kappa shape index (κ2) is 6.20. The highest BCUT2D eigenvalue weighted by Gasteiger charge is 2.34. The second-order valence-electron chi connectivity index (χ2n) is 7.98. The molecule has 2 unspecified atom stereocenters. The fourth-order valence-corrected chi connectivity index (χ4v) is 4.97. The molecule has 2 bridgehead atoms. The van der Waals surface area contributed by atoms with Gasteiger partial charge >= 0.3 is 0 Å². The summed E-state index contributed by atoms with van der Waals surface area (Å²) < 4.78 is 3.70. The first kappa shape index (κ1) is 16.5. The highest BCUT2D eigenvalue weighted by atomic mass is 16.1. The van der Waals surface area contributed by atoms with E-state index in [9.17, 15) is 9.59 Å². The summed E-state index contributed by atoms with van der Waals surface area (Å²) in [4.78, 5) is 27.4. The lowest BCUT2D eigenvalue weighted by Crippen LogP contribution is -2.47. The van der Waals surface area contributed by atoms with Crippen molar-refractivity contribution < 1.29 is 0 Å². The Morgan fingerprint density at radius 2 is 1.85 bits per heavy atom. The molecular formula is C22H23N3O2. The molecule has 2 aliphatic rings. The predicted octanol–water partition coefficient (Wildman–Crippen LogP) is 2.32. The standard InChI is InChI=1S/C22H23N3O2/c1-23-19-6-3-2-5-16(19)10-18(22(23)27)14-24-11-15-9-17(13-24)20-7-4-8-21(26)25(20)12-15/h2-8,10,15,17H,9,11-14H2,1H3. The molecule has 5 rings (SSSR count). The molecule has 0 aliphatic carbocycles. The van der Waals surface area contributed by atoms with Crippen LogP contribution < -0.4 is 11.1 Å². The first-order chi connectivity index (χ1) is 13.1. The zero-order valence-electron chi connectivity index (χ0n) is 15.5. The number of likely N-dealkylation sites (tertiary alicyclic amines) is 1. The molecule has 0 amide bonds. The molecule has 5 nitrogen and oxygen atoms in total. The van der Waals surface area contributed by atoms with Crippen molar-refractivity contribution in [3.8, 4) is 0 Å². The van der Waals surface area contributed by atoms with Gasteiger partial charge in [0.1, 0.15) is 0 Å². The number of aryl methyl sites for hydroxylation is 1. The lowest BCUT2D eigenvalue weighted by molar-refractivity contribution is 0.114. The Balaban J connectivity index is 1.47. The van der Waals surface area contributed by atoms with E-state index in [-0.39, 0.29) is 11.1 Å². The summed E-state index contributed by atoms with van der Waals surface area (Å²) in [5.41, 5.74) is 3.16. The quantitative estimate of drug-likeness (QED) is 0.704. The molecule has 0 spiro atoms. The van der Waals surface area contributed by atoms with Gasteiger partial charge in [0, 0.05) is 56.5 Å². The van der Waals surface area contributed by atoms with Crippen LogP contribution in [0.4, 0.5) is 0 Å². The van der Waals surface area contributed by atoms with Crippen LogP contribution >= 0.6 is 0 Å². The Kier molecular flexibility index (Phi) is 3.79. The van der Waals surface area contributed by atoms with Gasteiger partial charge < -0.3 is 9.13 Å². The molecule has 4 heterocycles. The second-order valence-corrected chi connectivity index (χ2v) is 7.98. The van der Waals surface area contributed by atoms with E-state index < -0.39 is 0 Å². The highest BCUT2D eigenvalue weighted by Crippen LogP contribution is 2.35. The number of pyridine rings is 2. The van der Waals surface area contributed by atoms with Crippen molar-refractivity contribution in [3.05, 3.63) is 80.5 Å². The van der Waals surface area contributed by atoms with Crippen molar-refractivity contribution in [2.24, 2.45) is 13.0 Å². The molecule has 1 fully saturated rings. The number of rotatable bonds is 2. The van der Waals surface area contributed by atoms with Crippen molar-refractivity contribution in [2.45, 2.75) is 25.4 Å². The maximum atomic E-state index is 12.8. The highest BCUT2D eigenvalue weighted by molar-refractivity contribution is 5.79. The lowest BCUT2D eigenvalue weighted by atomic mass is 9.83.